The van der Waals surface area contributed by atoms with Crippen LogP contribution in [0.5, 0.6) is 0 Å². The monoisotopic (exact) mass is 250 g/mol. The van der Waals surface area contributed by atoms with Crippen LogP contribution in [-0.4, -0.2) is 46.7 Å². The molecule has 0 radical (unpaired) electrons. The van der Waals surface area contributed by atoms with Crippen LogP contribution < -0.4 is 5.32 Å². The Hall–Kier alpha value is -1.36. The standard InChI is InChI=1S/C13H22N4O/c1-3-6-17(12-4-5-14-9-12)13(18)8-11-7-10(2)15-16-11/h7,12,14H,3-6,8-9H2,1-2H3,(H,15,16). The van der Waals surface area contributed by atoms with E-state index >= 15 is 0 Å². The van der Waals surface area contributed by atoms with E-state index in [-0.39, 0.29) is 5.91 Å². The fourth-order valence-corrected chi connectivity index (χ4v) is 2.48. The molecule has 1 aliphatic heterocycles. The number of aromatic nitrogens is 2. The average Bonchev–Trinajstić information content (AvgIpc) is 2.97. The van der Waals surface area contributed by atoms with Crippen molar-refractivity contribution in [2.75, 3.05) is 19.6 Å². The third-order valence-corrected chi connectivity index (χ3v) is 3.35. The number of H-pyrrole nitrogens is 1. The van der Waals surface area contributed by atoms with Gasteiger partial charge < -0.3 is 10.2 Å². The number of hydrogen-bond donors (Lipinski definition) is 2. The minimum atomic E-state index is 0.192. The van der Waals surface area contributed by atoms with E-state index in [1.807, 2.05) is 17.9 Å². The Balaban J connectivity index is 1.98. The number of carbonyl (C=O) groups is 1. The van der Waals surface area contributed by atoms with E-state index in [0.717, 1.165) is 43.9 Å². The van der Waals surface area contributed by atoms with Crippen LogP contribution >= 0.6 is 0 Å². The number of amides is 1. The van der Waals surface area contributed by atoms with E-state index in [9.17, 15) is 4.79 Å². The van der Waals surface area contributed by atoms with Crippen molar-refractivity contribution in [3.63, 3.8) is 0 Å². The molecule has 18 heavy (non-hydrogen) atoms. The van der Waals surface area contributed by atoms with Gasteiger partial charge >= 0.3 is 0 Å². The molecule has 1 aliphatic rings. The first-order chi connectivity index (χ1) is 8.70. The summed E-state index contributed by atoms with van der Waals surface area (Å²) in [4.78, 5) is 14.4. The zero-order chi connectivity index (χ0) is 13.0. The van der Waals surface area contributed by atoms with Gasteiger partial charge in [0.05, 0.1) is 12.1 Å². The van der Waals surface area contributed by atoms with Gasteiger partial charge in [0.2, 0.25) is 5.91 Å². The van der Waals surface area contributed by atoms with Crippen LogP contribution in [0.4, 0.5) is 0 Å². The van der Waals surface area contributed by atoms with E-state index < -0.39 is 0 Å². The van der Waals surface area contributed by atoms with Crippen molar-refractivity contribution in [3.05, 3.63) is 17.5 Å². The minimum absolute atomic E-state index is 0.192. The van der Waals surface area contributed by atoms with Gasteiger partial charge in [-0.25, -0.2) is 0 Å². The first-order valence-corrected chi connectivity index (χ1v) is 6.71. The molecule has 1 unspecified atom stereocenters. The lowest BCUT2D eigenvalue weighted by Gasteiger charge is -2.28. The van der Waals surface area contributed by atoms with Crippen LogP contribution in [0.3, 0.4) is 0 Å². The highest BCUT2D eigenvalue weighted by molar-refractivity contribution is 5.78. The van der Waals surface area contributed by atoms with Crippen LogP contribution in [0, 0.1) is 6.92 Å². The molecule has 0 aliphatic carbocycles. The summed E-state index contributed by atoms with van der Waals surface area (Å²) in [6, 6.07) is 2.30. The van der Waals surface area contributed by atoms with Gasteiger partial charge in [-0.05, 0) is 32.4 Å². The molecule has 2 N–H and O–H groups in total. The third kappa shape index (κ3) is 3.10. The summed E-state index contributed by atoms with van der Waals surface area (Å²) >= 11 is 0. The molecule has 5 nitrogen and oxygen atoms in total. The molecule has 0 aromatic carbocycles. The zero-order valence-corrected chi connectivity index (χ0v) is 11.2. The fourth-order valence-electron chi connectivity index (χ4n) is 2.48. The molecule has 1 aromatic heterocycles. The highest BCUT2D eigenvalue weighted by Crippen LogP contribution is 2.12. The second-order valence-electron chi connectivity index (χ2n) is 4.95. The Morgan fingerprint density at radius 2 is 2.44 bits per heavy atom. The molecule has 1 aromatic rings. The van der Waals surface area contributed by atoms with Gasteiger partial charge in [-0.15, -0.1) is 0 Å². The SMILES string of the molecule is CCCN(C(=O)Cc1cc(C)[nH]n1)C1CCNC1. The molecule has 2 heterocycles. The van der Waals surface area contributed by atoms with Crippen molar-refractivity contribution in [1.29, 1.82) is 0 Å². The lowest BCUT2D eigenvalue weighted by molar-refractivity contribution is -0.132. The molecule has 100 valence electrons. The first kappa shape index (κ1) is 13.1. The highest BCUT2D eigenvalue weighted by Gasteiger charge is 2.26. The fraction of sp³-hybridized carbons (Fsp3) is 0.692. The largest absolute Gasteiger partial charge is 0.338 e. The molecular formula is C13H22N4O. The summed E-state index contributed by atoms with van der Waals surface area (Å²) in [7, 11) is 0. The summed E-state index contributed by atoms with van der Waals surface area (Å²) in [6.07, 6.45) is 2.47. The Bertz CT molecular complexity index is 395. The summed E-state index contributed by atoms with van der Waals surface area (Å²) in [6.45, 7) is 6.84. The first-order valence-electron chi connectivity index (χ1n) is 6.71. The van der Waals surface area contributed by atoms with Crippen molar-refractivity contribution in [3.8, 4) is 0 Å². The number of aromatic amines is 1. The number of nitrogens with one attached hydrogen (secondary N) is 2. The number of rotatable bonds is 5. The van der Waals surface area contributed by atoms with Crippen molar-refractivity contribution >= 4 is 5.91 Å². The van der Waals surface area contributed by atoms with Crippen LogP contribution in [0.25, 0.3) is 0 Å². The zero-order valence-electron chi connectivity index (χ0n) is 11.2. The second-order valence-corrected chi connectivity index (χ2v) is 4.95. The molecule has 1 amide bonds. The smallest absolute Gasteiger partial charge is 0.228 e. The van der Waals surface area contributed by atoms with Gasteiger partial charge in [-0.1, -0.05) is 6.92 Å². The third-order valence-electron chi connectivity index (χ3n) is 3.35. The van der Waals surface area contributed by atoms with E-state index in [2.05, 4.69) is 22.4 Å². The van der Waals surface area contributed by atoms with Gasteiger partial charge in [0.25, 0.3) is 0 Å². The Kier molecular flexibility index (Phi) is 4.36. The topological polar surface area (TPSA) is 61.0 Å². The molecule has 0 bridgehead atoms. The van der Waals surface area contributed by atoms with Gasteiger partial charge in [-0.3, -0.25) is 9.89 Å². The molecule has 0 saturated carbocycles. The average molecular weight is 250 g/mol. The Morgan fingerprint density at radius 3 is 3.00 bits per heavy atom. The van der Waals surface area contributed by atoms with E-state index in [0.29, 0.717) is 12.5 Å². The maximum Gasteiger partial charge on any atom is 0.228 e. The van der Waals surface area contributed by atoms with Crippen molar-refractivity contribution in [2.24, 2.45) is 0 Å². The lowest BCUT2D eigenvalue weighted by atomic mass is 10.1. The van der Waals surface area contributed by atoms with Crippen LogP contribution in [0.1, 0.15) is 31.2 Å². The predicted octanol–water partition coefficient (Wildman–Crippen LogP) is 0.861. The molecule has 2 rings (SSSR count). The summed E-state index contributed by atoms with van der Waals surface area (Å²) in [5.74, 6) is 0.192. The molecule has 1 fully saturated rings. The second kappa shape index (κ2) is 6.00. The number of nitrogens with zero attached hydrogens (tertiary/aromatic N) is 2. The summed E-state index contributed by atoms with van der Waals surface area (Å²) < 4.78 is 0. The quantitative estimate of drug-likeness (QED) is 0.815. The normalized spacial score (nSPS) is 19.1. The molecule has 0 spiro atoms. The van der Waals surface area contributed by atoms with Crippen molar-refractivity contribution in [1.82, 2.24) is 20.4 Å². The van der Waals surface area contributed by atoms with Crippen LogP contribution in [0.2, 0.25) is 0 Å². The van der Waals surface area contributed by atoms with Gasteiger partial charge in [0.1, 0.15) is 0 Å². The highest BCUT2D eigenvalue weighted by atomic mass is 16.2. The lowest BCUT2D eigenvalue weighted by Crippen LogP contribution is -2.42. The van der Waals surface area contributed by atoms with Crippen molar-refractivity contribution in [2.45, 2.75) is 39.2 Å². The summed E-state index contributed by atoms with van der Waals surface area (Å²) in [5.41, 5.74) is 1.84. The van der Waals surface area contributed by atoms with Gasteiger partial charge in [0.15, 0.2) is 0 Å². The number of carbonyl (C=O) groups excluding carboxylic acids is 1. The molecule has 1 atom stereocenters. The maximum absolute atomic E-state index is 12.3. The van der Waals surface area contributed by atoms with Gasteiger partial charge in [-0.2, -0.15) is 5.10 Å². The molecule has 1 saturated heterocycles. The molecule has 5 heteroatoms. The Labute approximate surface area is 108 Å². The van der Waals surface area contributed by atoms with E-state index in [1.165, 1.54) is 0 Å². The predicted molar refractivity (Wildman–Crippen MR) is 70.3 cm³/mol. The number of aryl methyl sites for hydroxylation is 1. The van der Waals surface area contributed by atoms with E-state index in [1.54, 1.807) is 0 Å². The van der Waals surface area contributed by atoms with Crippen LogP contribution in [-0.2, 0) is 11.2 Å². The van der Waals surface area contributed by atoms with Crippen LogP contribution in [0.15, 0.2) is 6.07 Å². The van der Waals surface area contributed by atoms with E-state index in [4.69, 9.17) is 0 Å². The van der Waals surface area contributed by atoms with Crippen molar-refractivity contribution < 1.29 is 4.79 Å². The van der Waals surface area contributed by atoms with Gasteiger partial charge in [0, 0.05) is 24.8 Å². The Morgan fingerprint density at radius 1 is 1.61 bits per heavy atom. The number of hydrogen-bond acceptors (Lipinski definition) is 3. The maximum atomic E-state index is 12.3. The minimum Gasteiger partial charge on any atom is -0.338 e. The summed E-state index contributed by atoms with van der Waals surface area (Å²) in [5, 5.41) is 10.3. The molecular weight excluding hydrogens is 228 g/mol.